The second-order valence-corrected chi connectivity index (χ2v) is 6.06. The van der Waals surface area contributed by atoms with Gasteiger partial charge in [-0.1, -0.05) is 27.2 Å². The van der Waals surface area contributed by atoms with Gasteiger partial charge in [-0.15, -0.1) is 0 Å². The summed E-state index contributed by atoms with van der Waals surface area (Å²) in [5.74, 6) is 1.60. The van der Waals surface area contributed by atoms with Crippen LogP contribution in [0.4, 0.5) is 0 Å². The predicted molar refractivity (Wildman–Crippen MR) is 75.7 cm³/mol. The van der Waals surface area contributed by atoms with E-state index in [1.165, 1.54) is 25.7 Å². The van der Waals surface area contributed by atoms with E-state index in [1.807, 2.05) is 0 Å². The third kappa shape index (κ3) is 7.34. The lowest BCUT2D eigenvalue weighted by Gasteiger charge is -2.12. The lowest BCUT2D eigenvalue weighted by Crippen LogP contribution is -2.32. The molecule has 1 aliphatic carbocycles. The molecular weight excluding hydrogens is 226 g/mol. The van der Waals surface area contributed by atoms with Crippen molar-refractivity contribution in [1.82, 2.24) is 5.32 Å². The molecule has 0 aromatic rings. The van der Waals surface area contributed by atoms with E-state index in [1.54, 1.807) is 0 Å². The van der Waals surface area contributed by atoms with Crippen LogP contribution in [0.5, 0.6) is 0 Å². The van der Waals surface area contributed by atoms with E-state index >= 15 is 0 Å². The predicted octanol–water partition coefficient (Wildman–Crippen LogP) is 2.58. The maximum atomic E-state index is 9.76. The summed E-state index contributed by atoms with van der Waals surface area (Å²) < 4.78 is 5.48. The van der Waals surface area contributed by atoms with Gasteiger partial charge in [0.1, 0.15) is 0 Å². The first-order valence-corrected chi connectivity index (χ1v) is 7.62. The van der Waals surface area contributed by atoms with Crippen LogP contribution < -0.4 is 5.32 Å². The molecule has 3 nitrogen and oxygen atoms in total. The van der Waals surface area contributed by atoms with Crippen LogP contribution in [-0.2, 0) is 4.74 Å². The highest BCUT2D eigenvalue weighted by molar-refractivity contribution is 4.92. The van der Waals surface area contributed by atoms with E-state index < -0.39 is 0 Å². The zero-order valence-corrected chi connectivity index (χ0v) is 12.3. The Morgan fingerprint density at radius 3 is 2.83 bits per heavy atom. The fourth-order valence-electron chi connectivity index (χ4n) is 2.35. The maximum Gasteiger partial charge on any atom is 0.0897 e. The number of aliphatic hydroxyl groups is 1. The first-order chi connectivity index (χ1) is 8.63. The van der Waals surface area contributed by atoms with Crippen LogP contribution in [0.15, 0.2) is 0 Å². The van der Waals surface area contributed by atoms with Crippen LogP contribution >= 0.6 is 0 Å². The van der Waals surface area contributed by atoms with Gasteiger partial charge in [-0.25, -0.2) is 0 Å². The van der Waals surface area contributed by atoms with Crippen molar-refractivity contribution in [2.45, 2.75) is 65.0 Å². The average Bonchev–Trinajstić information content (AvgIpc) is 3.05. The molecule has 0 amide bonds. The Labute approximate surface area is 112 Å². The Morgan fingerprint density at radius 2 is 2.17 bits per heavy atom. The third-order valence-electron chi connectivity index (χ3n) is 3.58. The van der Waals surface area contributed by atoms with Gasteiger partial charge < -0.3 is 15.2 Å². The highest BCUT2D eigenvalue weighted by atomic mass is 16.5. The molecular formula is C15H31NO2. The molecule has 108 valence electrons. The van der Waals surface area contributed by atoms with E-state index in [-0.39, 0.29) is 6.10 Å². The zero-order valence-electron chi connectivity index (χ0n) is 12.3. The summed E-state index contributed by atoms with van der Waals surface area (Å²) in [4.78, 5) is 0. The Kier molecular flexibility index (Phi) is 7.87. The molecule has 3 unspecified atom stereocenters. The number of ether oxygens (including phenoxy) is 1. The van der Waals surface area contributed by atoms with E-state index in [9.17, 15) is 5.11 Å². The monoisotopic (exact) mass is 257 g/mol. The molecule has 2 N–H and O–H groups in total. The van der Waals surface area contributed by atoms with Crippen LogP contribution in [0.1, 0.15) is 52.9 Å². The summed E-state index contributed by atoms with van der Waals surface area (Å²) in [7, 11) is 0. The first-order valence-electron chi connectivity index (χ1n) is 7.62. The van der Waals surface area contributed by atoms with Crippen molar-refractivity contribution in [1.29, 1.82) is 0 Å². The van der Waals surface area contributed by atoms with Gasteiger partial charge >= 0.3 is 0 Å². The van der Waals surface area contributed by atoms with Crippen molar-refractivity contribution in [3.63, 3.8) is 0 Å². The van der Waals surface area contributed by atoms with Gasteiger partial charge in [0.25, 0.3) is 0 Å². The molecule has 3 atom stereocenters. The van der Waals surface area contributed by atoms with Crippen molar-refractivity contribution < 1.29 is 9.84 Å². The number of rotatable bonds is 11. The minimum absolute atomic E-state index is 0.355. The van der Waals surface area contributed by atoms with Gasteiger partial charge in [-0.3, -0.25) is 0 Å². The summed E-state index contributed by atoms with van der Waals surface area (Å²) >= 11 is 0. The lowest BCUT2D eigenvalue weighted by molar-refractivity contribution is 0.0345. The normalized spacial score (nSPS) is 24.5. The molecule has 0 radical (unpaired) electrons. The van der Waals surface area contributed by atoms with E-state index in [0.717, 1.165) is 24.9 Å². The Hall–Kier alpha value is -0.120. The summed E-state index contributed by atoms with van der Waals surface area (Å²) in [6.45, 7) is 8.60. The minimum Gasteiger partial charge on any atom is -0.389 e. The highest BCUT2D eigenvalue weighted by Gasteiger charge is 2.35. The molecule has 1 aliphatic rings. The first kappa shape index (κ1) is 15.9. The van der Waals surface area contributed by atoms with Crippen LogP contribution in [-0.4, -0.2) is 37.0 Å². The Morgan fingerprint density at radius 1 is 1.39 bits per heavy atom. The average molecular weight is 257 g/mol. The number of hydrogen-bond acceptors (Lipinski definition) is 3. The van der Waals surface area contributed by atoms with E-state index in [4.69, 9.17) is 4.74 Å². The molecule has 1 fully saturated rings. The molecule has 0 aromatic heterocycles. The van der Waals surface area contributed by atoms with Crippen molar-refractivity contribution in [2.75, 3.05) is 19.8 Å². The molecule has 0 aliphatic heterocycles. The number of nitrogens with one attached hydrogen (secondary N) is 1. The summed E-state index contributed by atoms with van der Waals surface area (Å²) in [6, 6.07) is 0.653. The third-order valence-corrected chi connectivity index (χ3v) is 3.58. The van der Waals surface area contributed by atoms with Crippen LogP contribution in [0.3, 0.4) is 0 Å². The van der Waals surface area contributed by atoms with Gasteiger partial charge in [-0.2, -0.15) is 0 Å². The number of aliphatic hydroxyl groups excluding tert-OH is 1. The minimum atomic E-state index is -0.355. The van der Waals surface area contributed by atoms with Gasteiger partial charge in [0.15, 0.2) is 0 Å². The van der Waals surface area contributed by atoms with Crippen molar-refractivity contribution in [3.8, 4) is 0 Å². The van der Waals surface area contributed by atoms with Crippen LogP contribution in [0, 0.1) is 11.8 Å². The van der Waals surface area contributed by atoms with E-state index in [0.29, 0.717) is 19.2 Å². The van der Waals surface area contributed by atoms with Gasteiger partial charge in [0.2, 0.25) is 0 Å². The topological polar surface area (TPSA) is 41.5 Å². The molecule has 0 bridgehead atoms. The molecule has 3 heteroatoms. The largest absolute Gasteiger partial charge is 0.389 e. The summed E-state index contributed by atoms with van der Waals surface area (Å²) in [5.41, 5.74) is 0. The van der Waals surface area contributed by atoms with Gasteiger partial charge in [0.05, 0.1) is 12.7 Å². The van der Waals surface area contributed by atoms with Crippen molar-refractivity contribution in [2.24, 2.45) is 11.8 Å². The SMILES string of the molecule is CCCC1CC1NCC(O)COCCCC(C)C. The molecule has 0 aromatic carbocycles. The van der Waals surface area contributed by atoms with Gasteiger partial charge in [0, 0.05) is 19.2 Å². The molecule has 0 heterocycles. The standard InChI is InChI=1S/C15H31NO2/c1-4-6-13-9-15(13)16-10-14(17)11-18-8-5-7-12(2)3/h12-17H,4-11H2,1-3H3. The smallest absolute Gasteiger partial charge is 0.0897 e. The maximum absolute atomic E-state index is 9.76. The molecule has 1 saturated carbocycles. The van der Waals surface area contributed by atoms with Gasteiger partial charge in [-0.05, 0) is 37.5 Å². The fraction of sp³-hybridized carbons (Fsp3) is 1.00. The Balaban J connectivity index is 1.87. The van der Waals surface area contributed by atoms with Crippen molar-refractivity contribution >= 4 is 0 Å². The molecule has 0 saturated heterocycles. The second kappa shape index (κ2) is 8.89. The molecule has 18 heavy (non-hydrogen) atoms. The van der Waals surface area contributed by atoms with Crippen molar-refractivity contribution in [3.05, 3.63) is 0 Å². The highest BCUT2D eigenvalue weighted by Crippen LogP contribution is 2.34. The molecule has 0 spiro atoms. The lowest BCUT2D eigenvalue weighted by atomic mass is 10.1. The second-order valence-electron chi connectivity index (χ2n) is 6.06. The van der Waals surface area contributed by atoms with Crippen LogP contribution in [0.25, 0.3) is 0 Å². The quantitative estimate of drug-likeness (QED) is 0.559. The van der Waals surface area contributed by atoms with Crippen LogP contribution in [0.2, 0.25) is 0 Å². The summed E-state index contributed by atoms with van der Waals surface area (Å²) in [6.07, 6.45) is 5.82. The molecule has 1 rings (SSSR count). The zero-order chi connectivity index (χ0) is 13.4. The number of hydrogen-bond donors (Lipinski definition) is 2. The van der Waals surface area contributed by atoms with E-state index in [2.05, 4.69) is 26.1 Å². The Bertz CT molecular complexity index is 209. The fourth-order valence-corrected chi connectivity index (χ4v) is 2.35. The summed E-state index contributed by atoms with van der Waals surface area (Å²) in [5, 5.41) is 13.2.